The largest absolute Gasteiger partial charge is 0.447 e. The number of likely N-dealkylation sites (N-methyl/N-ethyl adjacent to an activating group) is 1. The monoisotopic (exact) mass is 354 g/mol. The Kier molecular flexibility index (Phi) is 4.41. The maximum atomic E-state index is 13.4. The van der Waals surface area contributed by atoms with Crippen molar-refractivity contribution in [3.05, 3.63) is 71.0 Å². The first-order valence-corrected chi connectivity index (χ1v) is 9.07. The fourth-order valence-electron chi connectivity index (χ4n) is 3.67. The molecule has 2 aromatic carbocycles. The number of hydrogen-bond acceptors (Lipinski definition) is 3. The molecule has 0 aromatic heterocycles. The third kappa shape index (κ3) is 3.19. The van der Waals surface area contributed by atoms with Crippen LogP contribution in [0.1, 0.15) is 35.6 Å². The van der Waals surface area contributed by atoms with E-state index in [9.17, 15) is 9.18 Å². The molecule has 1 saturated carbocycles. The second kappa shape index (κ2) is 6.72. The standard InChI is InChI=1S/C21H23FN2O2/c1-23-21(11-12-21)14-26-20(25)24-13-10-15-4-2-3-5-18(15)19(24)16-6-8-17(22)9-7-16/h2-9,19,23H,10-14H2,1H3/t19-/m0/s1. The third-order valence-electron chi connectivity index (χ3n) is 5.56. The van der Waals surface area contributed by atoms with E-state index in [2.05, 4.69) is 11.4 Å². The molecule has 1 aliphatic carbocycles. The van der Waals surface area contributed by atoms with Crippen LogP contribution in [0, 0.1) is 5.82 Å². The second-order valence-corrected chi connectivity index (χ2v) is 7.18. The maximum Gasteiger partial charge on any atom is 0.410 e. The van der Waals surface area contributed by atoms with Crippen molar-refractivity contribution in [1.29, 1.82) is 0 Å². The number of hydrogen-bond donors (Lipinski definition) is 1. The van der Waals surface area contributed by atoms with E-state index in [0.717, 1.165) is 30.4 Å². The van der Waals surface area contributed by atoms with Gasteiger partial charge in [0.05, 0.1) is 11.6 Å². The van der Waals surface area contributed by atoms with Crippen LogP contribution in [0.15, 0.2) is 48.5 Å². The van der Waals surface area contributed by atoms with Gasteiger partial charge in [0.25, 0.3) is 0 Å². The van der Waals surface area contributed by atoms with Crippen LogP contribution in [0.4, 0.5) is 9.18 Å². The van der Waals surface area contributed by atoms with Crippen molar-refractivity contribution < 1.29 is 13.9 Å². The molecule has 1 aliphatic heterocycles. The lowest BCUT2D eigenvalue weighted by Crippen LogP contribution is -2.43. The van der Waals surface area contributed by atoms with Crippen molar-refractivity contribution in [2.75, 3.05) is 20.2 Å². The second-order valence-electron chi connectivity index (χ2n) is 7.18. The van der Waals surface area contributed by atoms with Crippen LogP contribution < -0.4 is 5.32 Å². The number of nitrogens with zero attached hydrogens (tertiary/aromatic N) is 1. The summed E-state index contributed by atoms with van der Waals surface area (Å²) in [6.07, 6.45) is 2.54. The Labute approximate surface area is 153 Å². The first-order valence-electron chi connectivity index (χ1n) is 9.07. The van der Waals surface area contributed by atoms with E-state index >= 15 is 0 Å². The summed E-state index contributed by atoms with van der Waals surface area (Å²) in [5.74, 6) is -0.281. The van der Waals surface area contributed by atoms with Gasteiger partial charge in [-0.1, -0.05) is 36.4 Å². The van der Waals surface area contributed by atoms with E-state index in [1.165, 1.54) is 17.7 Å². The van der Waals surface area contributed by atoms with Gasteiger partial charge < -0.3 is 10.1 Å². The van der Waals surface area contributed by atoms with E-state index in [0.29, 0.717) is 13.2 Å². The predicted molar refractivity (Wildman–Crippen MR) is 97.5 cm³/mol. The molecule has 1 amide bonds. The molecule has 5 heteroatoms. The molecule has 0 bridgehead atoms. The summed E-state index contributed by atoms with van der Waals surface area (Å²) >= 11 is 0. The SMILES string of the molecule is CNC1(COC(=O)N2CCc3ccccc3[C@@H]2c2ccc(F)cc2)CC1. The van der Waals surface area contributed by atoms with Gasteiger partial charge in [-0.05, 0) is 55.1 Å². The van der Waals surface area contributed by atoms with Gasteiger partial charge in [-0.3, -0.25) is 4.90 Å². The topological polar surface area (TPSA) is 41.6 Å². The molecule has 136 valence electrons. The highest BCUT2D eigenvalue weighted by Crippen LogP contribution is 2.37. The number of halogens is 1. The number of nitrogens with one attached hydrogen (secondary N) is 1. The summed E-state index contributed by atoms with van der Waals surface area (Å²) in [4.78, 5) is 14.6. The fraction of sp³-hybridized carbons (Fsp3) is 0.381. The number of carbonyl (C=O) groups excluding carboxylic acids is 1. The minimum atomic E-state index is -0.310. The lowest BCUT2D eigenvalue weighted by atomic mass is 9.88. The van der Waals surface area contributed by atoms with E-state index in [-0.39, 0.29) is 23.5 Å². The van der Waals surface area contributed by atoms with Gasteiger partial charge in [0.15, 0.2) is 0 Å². The average Bonchev–Trinajstić information content (AvgIpc) is 3.46. The normalized spacial score (nSPS) is 20.4. The zero-order valence-corrected chi connectivity index (χ0v) is 14.9. The molecule has 0 radical (unpaired) electrons. The Balaban J connectivity index is 1.62. The van der Waals surface area contributed by atoms with Gasteiger partial charge in [0.2, 0.25) is 0 Å². The predicted octanol–water partition coefficient (Wildman–Crippen LogP) is 3.66. The van der Waals surface area contributed by atoms with Crippen LogP contribution >= 0.6 is 0 Å². The van der Waals surface area contributed by atoms with Crippen molar-refractivity contribution in [2.45, 2.75) is 30.8 Å². The number of rotatable bonds is 4. The van der Waals surface area contributed by atoms with E-state index < -0.39 is 0 Å². The molecule has 1 atom stereocenters. The summed E-state index contributed by atoms with van der Waals surface area (Å²) in [6, 6.07) is 14.2. The van der Waals surface area contributed by atoms with Crippen LogP contribution in [0.3, 0.4) is 0 Å². The Morgan fingerprint density at radius 1 is 1.23 bits per heavy atom. The van der Waals surface area contributed by atoms with Crippen LogP contribution in [0.25, 0.3) is 0 Å². The van der Waals surface area contributed by atoms with E-state index in [4.69, 9.17) is 4.74 Å². The fourth-order valence-corrected chi connectivity index (χ4v) is 3.67. The van der Waals surface area contributed by atoms with Crippen molar-refractivity contribution in [1.82, 2.24) is 10.2 Å². The van der Waals surface area contributed by atoms with Crippen molar-refractivity contribution >= 4 is 6.09 Å². The Bertz CT molecular complexity index is 802. The highest BCUT2D eigenvalue weighted by Gasteiger charge is 2.43. The van der Waals surface area contributed by atoms with Crippen LogP contribution in [-0.4, -0.2) is 36.7 Å². The number of benzene rings is 2. The summed E-state index contributed by atoms with van der Waals surface area (Å²) in [5, 5.41) is 3.24. The average molecular weight is 354 g/mol. The Hall–Kier alpha value is -2.40. The first-order chi connectivity index (χ1) is 12.6. The number of carbonyl (C=O) groups is 1. The highest BCUT2D eigenvalue weighted by molar-refractivity contribution is 5.70. The highest BCUT2D eigenvalue weighted by atomic mass is 19.1. The molecule has 0 unspecified atom stereocenters. The summed E-state index contributed by atoms with van der Waals surface area (Å²) < 4.78 is 19.0. The minimum absolute atomic E-state index is 0.0469. The van der Waals surface area contributed by atoms with Crippen molar-refractivity contribution in [2.24, 2.45) is 0 Å². The van der Waals surface area contributed by atoms with Crippen LogP contribution in [-0.2, 0) is 11.2 Å². The van der Waals surface area contributed by atoms with Gasteiger partial charge >= 0.3 is 6.09 Å². The van der Waals surface area contributed by atoms with Gasteiger partial charge in [-0.15, -0.1) is 0 Å². The van der Waals surface area contributed by atoms with Gasteiger partial charge in [0, 0.05) is 6.54 Å². The molecule has 1 N–H and O–H groups in total. The smallest absolute Gasteiger partial charge is 0.410 e. The van der Waals surface area contributed by atoms with Crippen molar-refractivity contribution in [3.8, 4) is 0 Å². The Morgan fingerprint density at radius 3 is 2.65 bits per heavy atom. The molecule has 2 aliphatic rings. The lowest BCUT2D eigenvalue weighted by Gasteiger charge is -2.37. The molecular weight excluding hydrogens is 331 g/mol. The number of fused-ring (bicyclic) bond motifs is 1. The molecule has 1 heterocycles. The molecule has 0 saturated heterocycles. The zero-order valence-electron chi connectivity index (χ0n) is 14.9. The zero-order chi connectivity index (χ0) is 18.1. The summed E-state index contributed by atoms with van der Waals surface area (Å²) in [6.45, 7) is 0.973. The third-order valence-corrected chi connectivity index (χ3v) is 5.56. The number of amides is 1. The van der Waals surface area contributed by atoms with Gasteiger partial charge in [-0.2, -0.15) is 0 Å². The van der Waals surface area contributed by atoms with E-state index in [1.807, 2.05) is 25.2 Å². The van der Waals surface area contributed by atoms with Gasteiger partial charge in [-0.25, -0.2) is 9.18 Å². The van der Waals surface area contributed by atoms with E-state index in [1.54, 1.807) is 17.0 Å². The van der Waals surface area contributed by atoms with Crippen LogP contribution in [0.2, 0.25) is 0 Å². The molecule has 4 nitrogen and oxygen atoms in total. The molecule has 26 heavy (non-hydrogen) atoms. The number of ether oxygens (including phenoxy) is 1. The quantitative estimate of drug-likeness (QED) is 0.911. The molecule has 0 spiro atoms. The van der Waals surface area contributed by atoms with Crippen LogP contribution in [0.5, 0.6) is 0 Å². The first kappa shape index (κ1) is 17.0. The minimum Gasteiger partial charge on any atom is -0.447 e. The van der Waals surface area contributed by atoms with Crippen molar-refractivity contribution in [3.63, 3.8) is 0 Å². The molecule has 1 fully saturated rings. The lowest BCUT2D eigenvalue weighted by molar-refractivity contribution is 0.0790. The van der Waals surface area contributed by atoms with Gasteiger partial charge in [0.1, 0.15) is 12.4 Å². The molecule has 2 aromatic rings. The Morgan fingerprint density at radius 2 is 1.96 bits per heavy atom. The maximum absolute atomic E-state index is 13.4. The molecular formula is C21H23FN2O2. The summed E-state index contributed by atoms with van der Waals surface area (Å²) in [5.41, 5.74) is 3.15. The molecule has 4 rings (SSSR count). The summed E-state index contributed by atoms with van der Waals surface area (Å²) in [7, 11) is 1.90.